The van der Waals surface area contributed by atoms with E-state index >= 15 is 0 Å². The molecule has 1 aromatic heterocycles. The van der Waals surface area contributed by atoms with Crippen LogP contribution in [0.2, 0.25) is 0 Å². The molecule has 102 valence electrons. The van der Waals surface area contributed by atoms with Gasteiger partial charge in [-0.05, 0) is 37.7 Å². The molecule has 1 aliphatic carbocycles. The molecule has 18 heavy (non-hydrogen) atoms. The maximum Gasteiger partial charge on any atom is 0.248 e. The van der Waals surface area contributed by atoms with Crippen molar-refractivity contribution in [2.75, 3.05) is 0 Å². The molecule has 0 saturated heterocycles. The molecule has 0 spiro atoms. The summed E-state index contributed by atoms with van der Waals surface area (Å²) in [5.74, 6) is -2.21. The fourth-order valence-electron chi connectivity index (χ4n) is 2.69. The minimum absolute atomic E-state index is 0.00290. The Morgan fingerprint density at radius 1 is 1.50 bits per heavy atom. The first kappa shape index (κ1) is 13.5. The minimum Gasteiger partial charge on any atom is -0.327 e. The molecule has 1 saturated carbocycles. The van der Waals surface area contributed by atoms with E-state index in [1.54, 1.807) is 6.20 Å². The molecule has 2 N–H and O–H groups in total. The van der Waals surface area contributed by atoms with Gasteiger partial charge in [-0.3, -0.25) is 4.68 Å². The van der Waals surface area contributed by atoms with Crippen LogP contribution in [0.4, 0.5) is 8.78 Å². The Morgan fingerprint density at radius 3 is 2.72 bits per heavy atom. The molecule has 0 aliphatic heterocycles. The van der Waals surface area contributed by atoms with Gasteiger partial charge in [0.05, 0.1) is 0 Å². The van der Waals surface area contributed by atoms with Crippen molar-refractivity contribution in [2.24, 2.45) is 18.7 Å². The number of alkyl halides is 2. The molecule has 5 heteroatoms. The van der Waals surface area contributed by atoms with Gasteiger partial charge in [0, 0.05) is 37.8 Å². The summed E-state index contributed by atoms with van der Waals surface area (Å²) in [7, 11) is 1.90. The molecule has 0 radical (unpaired) electrons. The van der Waals surface area contributed by atoms with E-state index in [4.69, 9.17) is 5.73 Å². The van der Waals surface area contributed by atoms with Crippen molar-refractivity contribution in [1.29, 1.82) is 0 Å². The first-order valence-corrected chi connectivity index (χ1v) is 6.58. The number of aryl methyl sites for hydroxylation is 2. The van der Waals surface area contributed by atoms with Crippen LogP contribution in [0.1, 0.15) is 37.8 Å². The largest absolute Gasteiger partial charge is 0.327 e. The Morgan fingerprint density at radius 2 is 2.17 bits per heavy atom. The van der Waals surface area contributed by atoms with E-state index in [2.05, 4.69) is 5.10 Å². The second-order valence-corrected chi connectivity index (χ2v) is 5.34. The number of aromatic nitrogens is 2. The molecule has 1 unspecified atom stereocenters. The van der Waals surface area contributed by atoms with Crippen molar-refractivity contribution < 1.29 is 8.78 Å². The van der Waals surface area contributed by atoms with Gasteiger partial charge in [-0.25, -0.2) is 8.78 Å². The van der Waals surface area contributed by atoms with Crippen LogP contribution < -0.4 is 5.73 Å². The first-order chi connectivity index (χ1) is 8.48. The quantitative estimate of drug-likeness (QED) is 0.900. The predicted octanol–water partition coefficient (Wildman–Crippen LogP) is 2.51. The van der Waals surface area contributed by atoms with Crippen molar-refractivity contribution in [3.05, 3.63) is 18.0 Å². The van der Waals surface area contributed by atoms with Crippen molar-refractivity contribution in [1.82, 2.24) is 9.78 Å². The van der Waals surface area contributed by atoms with Crippen LogP contribution in [0.15, 0.2) is 12.3 Å². The zero-order valence-electron chi connectivity index (χ0n) is 10.8. The molecular formula is C13H21F2N3. The highest BCUT2D eigenvalue weighted by atomic mass is 19.3. The highest BCUT2D eigenvalue weighted by Crippen LogP contribution is 2.37. The van der Waals surface area contributed by atoms with Crippen molar-refractivity contribution >= 4 is 0 Å². The maximum atomic E-state index is 13.1. The van der Waals surface area contributed by atoms with E-state index in [0.29, 0.717) is 12.8 Å². The normalized spacial score (nSPS) is 22.0. The number of rotatable bonds is 4. The first-order valence-electron chi connectivity index (χ1n) is 6.58. The van der Waals surface area contributed by atoms with Gasteiger partial charge in [0.1, 0.15) is 0 Å². The fourth-order valence-corrected chi connectivity index (χ4v) is 2.69. The molecule has 0 amide bonds. The second kappa shape index (κ2) is 5.34. The summed E-state index contributed by atoms with van der Waals surface area (Å²) in [6.07, 6.45) is 4.58. The van der Waals surface area contributed by atoms with E-state index in [1.165, 1.54) is 0 Å². The Balaban J connectivity index is 1.79. The molecule has 1 atom stereocenters. The molecular weight excluding hydrogens is 236 g/mol. The lowest BCUT2D eigenvalue weighted by molar-refractivity contribution is -0.0484. The van der Waals surface area contributed by atoms with Gasteiger partial charge in [-0.15, -0.1) is 0 Å². The predicted molar refractivity (Wildman–Crippen MR) is 66.4 cm³/mol. The summed E-state index contributed by atoms with van der Waals surface area (Å²) in [6.45, 7) is 0. The molecule has 1 aromatic rings. The SMILES string of the molecule is Cn1nccc1CCC(N)C1CCC(F)(F)CC1. The van der Waals surface area contributed by atoms with Crippen LogP contribution in [0.5, 0.6) is 0 Å². The zero-order valence-corrected chi connectivity index (χ0v) is 10.8. The topological polar surface area (TPSA) is 43.8 Å². The Labute approximate surface area is 106 Å². The van der Waals surface area contributed by atoms with Crippen LogP contribution in [0.25, 0.3) is 0 Å². The molecule has 0 aromatic carbocycles. The highest BCUT2D eigenvalue weighted by molar-refractivity contribution is 5.00. The van der Waals surface area contributed by atoms with Crippen LogP contribution in [0, 0.1) is 5.92 Å². The highest BCUT2D eigenvalue weighted by Gasteiger charge is 2.36. The average Bonchev–Trinajstić information content (AvgIpc) is 2.72. The summed E-state index contributed by atoms with van der Waals surface area (Å²) in [5, 5.41) is 4.10. The lowest BCUT2D eigenvalue weighted by atomic mass is 9.81. The van der Waals surface area contributed by atoms with Crippen molar-refractivity contribution in [3.63, 3.8) is 0 Å². The summed E-state index contributed by atoms with van der Waals surface area (Å²) >= 11 is 0. The summed E-state index contributed by atoms with van der Waals surface area (Å²) in [5.41, 5.74) is 7.27. The van der Waals surface area contributed by atoms with E-state index in [-0.39, 0.29) is 24.8 Å². The maximum absolute atomic E-state index is 13.1. The van der Waals surface area contributed by atoms with Crippen LogP contribution in [0.3, 0.4) is 0 Å². The molecule has 0 bridgehead atoms. The number of hydrogen-bond donors (Lipinski definition) is 1. The smallest absolute Gasteiger partial charge is 0.248 e. The van der Waals surface area contributed by atoms with Gasteiger partial charge in [-0.2, -0.15) is 5.10 Å². The van der Waals surface area contributed by atoms with E-state index in [9.17, 15) is 8.78 Å². The van der Waals surface area contributed by atoms with E-state index < -0.39 is 5.92 Å². The number of halogens is 2. The molecule has 2 rings (SSSR count). The Bertz CT molecular complexity index is 379. The summed E-state index contributed by atoms with van der Waals surface area (Å²) < 4.78 is 27.9. The van der Waals surface area contributed by atoms with Crippen molar-refractivity contribution in [2.45, 2.75) is 50.5 Å². The van der Waals surface area contributed by atoms with Gasteiger partial charge in [0.2, 0.25) is 5.92 Å². The van der Waals surface area contributed by atoms with E-state index in [1.807, 2.05) is 17.8 Å². The molecule has 3 nitrogen and oxygen atoms in total. The fraction of sp³-hybridized carbons (Fsp3) is 0.769. The van der Waals surface area contributed by atoms with Gasteiger partial charge in [-0.1, -0.05) is 0 Å². The second-order valence-electron chi connectivity index (χ2n) is 5.34. The summed E-state index contributed by atoms with van der Waals surface area (Å²) in [6, 6.07) is 2.00. The molecule has 1 fully saturated rings. The number of hydrogen-bond acceptors (Lipinski definition) is 2. The summed E-state index contributed by atoms with van der Waals surface area (Å²) in [4.78, 5) is 0. The zero-order chi connectivity index (χ0) is 13.2. The number of nitrogens with zero attached hydrogens (tertiary/aromatic N) is 2. The lowest BCUT2D eigenvalue weighted by Crippen LogP contribution is -2.36. The Hall–Kier alpha value is -0.970. The minimum atomic E-state index is -2.46. The van der Waals surface area contributed by atoms with Gasteiger partial charge in [0.15, 0.2) is 0 Å². The van der Waals surface area contributed by atoms with Gasteiger partial charge in [0.25, 0.3) is 0 Å². The van der Waals surface area contributed by atoms with Gasteiger partial charge < -0.3 is 5.73 Å². The van der Waals surface area contributed by atoms with Crippen LogP contribution in [-0.2, 0) is 13.5 Å². The lowest BCUT2D eigenvalue weighted by Gasteiger charge is -2.31. The molecule has 1 aliphatic rings. The standard InChI is InChI=1S/C13H21F2N3/c1-18-11(6-9-17-18)2-3-12(16)10-4-7-13(14,15)8-5-10/h6,9-10,12H,2-5,7-8,16H2,1H3. The number of nitrogens with two attached hydrogens (primary N) is 1. The van der Waals surface area contributed by atoms with Crippen LogP contribution in [-0.4, -0.2) is 21.7 Å². The van der Waals surface area contributed by atoms with Gasteiger partial charge >= 0.3 is 0 Å². The third kappa shape index (κ3) is 3.28. The van der Waals surface area contributed by atoms with Crippen molar-refractivity contribution in [3.8, 4) is 0 Å². The monoisotopic (exact) mass is 257 g/mol. The third-order valence-electron chi connectivity index (χ3n) is 4.02. The van der Waals surface area contributed by atoms with Crippen LogP contribution >= 0.6 is 0 Å². The van der Waals surface area contributed by atoms with E-state index in [0.717, 1.165) is 18.5 Å². The average molecular weight is 257 g/mol. The molecule has 1 heterocycles. The Kier molecular flexibility index (Phi) is 4.00. The third-order valence-corrected chi connectivity index (χ3v) is 4.02.